The summed E-state index contributed by atoms with van der Waals surface area (Å²) in [6, 6.07) is 7.88. The van der Waals surface area contributed by atoms with E-state index in [1.807, 2.05) is 11.8 Å². The van der Waals surface area contributed by atoms with Crippen molar-refractivity contribution in [1.29, 1.82) is 0 Å². The molecule has 30 nitrogen and oxygen atoms in total. The highest BCUT2D eigenvalue weighted by molar-refractivity contribution is 7.89. The van der Waals surface area contributed by atoms with Crippen molar-refractivity contribution in [3.8, 4) is 22.8 Å². The number of sulfonamides is 3. The molecule has 0 bridgehead atoms. The quantitative estimate of drug-likeness (QED) is 0.0852. The van der Waals surface area contributed by atoms with Gasteiger partial charge in [0.15, 0.2) is 17.4 Å². The normalized spacial score (nSPS) is 16.2. The minimum atomic E-state index is -3.82. The van der Waals surface area contributed by atoms with Crippen LogP contribution < -0.4 is 36.1 Å². The first kappa shape index (κ1) is 72.9. The summed E-state index contributed by atoms with van der Waals surface area (Å²) in [5.74, 6) is -6.83. The maximum Gasteiger partial charge on any atom is 0.322 e. The number of aromatic nitrogens is 10. The molecule has 3 saturated heterocycles. The Balaban J connectivity index is 0.000000162. The Morgan fingerprint density at radius 2 is 0.828 bits per heavy atom. The summed E-state index contributed by atoms with van der Waals surface area (Å²) < 4.78 is 183. The van der Waals surface area contributed by atoms with Crippen LogP contribution in [0.15, 0.2) is 96.6 Å². The number of piperazine rings is 3. The Bertz CT molecular complexity index is 4830. The largest absolute Gasteiger partial charge is 0.486 e. The van der Waals surface area contributed by atoms with Gasteiger partial charge in [0.2, 0.25) is 47.6 Å². The molecule has 0 atom stereocenters. The highest BCUT2D eigenvalue weighted by Crippen LogP contribution is 2.45. The molecule has 0 unspecified atom stereocenters. The SMILES string of the molecule is COC(=O)CS(=O)(=O)N1CCN(c2cnn(-c3cc(F)cc(F)c3)c(=O)c2Cl)CC1.Cc1noc(CS(=O)(=O)N2CCN(c3cnn(-c4cc(F)cc(F)c4)c(=O)c3Cl)CC2)n1.Cc1noc(CS(=O)(=O)N2CCN(c3cnn(-c4cc(F)cc(F)c4)c(=O)c3OCC3(C)CC3)CC2)n1. The fraction of sp³-hybridized carbons (Fsp3) is 0.397. The Morgan fingerprint density at radius 3 is 1.15 bits per heavy atom. The van der Waals surface area contributed by atoms with E-state index in [1.54, 1.807) is 23.6 Å². The number of carbonyl (C=O) groups excluding carboxylic acids is 1. The number of hydrogen-bond donors (Lipinski definition) is 0. The summed E-state index contributed by atoms with van der Waals surface area (Å²) in [6.07, 6.45) is 5.91. The molecule has 0 N–H and O–H groups in total. The average Bonchev–Trinajstić information content (AvgIpc) is 1.30. The third kappa shape index (κ3) is 17.6. The molecule has 4 aliphatic rings. The molecule has 0 radical (unpaired) electrons. The first-order valence-corrected chi connectivity index (χ1v) is 35.4. The van der Waals surface area contributed by atoms with Crippen molar-refractivity contribution in [2.75, 3.05) is 113 Å². The molecule has 1 aliphatic carbocycles. The number of hydrogen-bond acceptors (Lipinski definition) is 24. The lowest BCUT2D eigenvalue weighted by Gasteiger charge is -2.35. The number of nitrogens with zero attached hydrogens (tertiary/aromatic N) is 16. The van der Waals surface area contributed by atoms with Crippen molar-refractivity contribution in [3.63, 3.8) is 0 Å². The molecule has 12 rings (SSSR count). The van der Waals surface area contributed by atoms with Crippen molar-refractivity contribution in [3.05, 3.63) is 173 Å². The lowest BCUT2D eigenvalue weighted by molar-refractivity contribution is -0.137. The Hall–Kier alpha value is -8.86. The maximum atomic E-state index is 13.8. The molecule has 3 aromatic carbocycles. The third-order valence-electron chi connectivity index (χ3n) is 15.9. The average molecular weight is 1490 g/mol. The first-order chi connectivity index (χ1) is 46.8. The number of methoxy groups -OCH3 is 1. The van der Waals surface area contributed by atoms with Crippen molar-refractivity contribution in [1.82, 2.24) is 62.5 Å². The van der Waals surface area contributed by atoms with E-state index in [0.717, 1.165) is 74.7 Å². The van der Waals surface area contributed by atoms with Crippen molar-refractivity contribution in [2.24, 2.45) is 5.41 Å². The Morgan fingerprint density at radius 1 is 0.505 bits per heavy atom. The number of carbonyl (C=O) groups is 1. The number of ether oxygens (including phenoxy) is 2. The molecule has 99 heavy (non-hydrogen) atoms. The molecule has 0 spiro atoms. The molecule has 0 amide bonds. The number of esters is 1. The van der Waals surface area contributed by atoms with Crippen LogP contribution in [0.2, 0.25) is 10.0 Å². The molecule has 4 fully saturated rings. The molecule has 5 aromatic heterocycles. The van der Waals surface area contributed by atoms with Crippen LogP contribution in [-0.4, -0.2) is 192 Å². The van der Waals surface area contributed by atoms with Gasteiger partial charge in [-0.3, -0.25) is 19.2 Å². The van der Waals surface area contributed by atoms with E-state index in [2.05, 4.69) is 40.3 Å². The zero-order valence-electron chi connectivity index (χ0n) is 52.8. The molecule has 1 saturated carbocycles. The van der Waals surface area contributed by atoms with E-state index in [9.17, 15) is 70.8 Å². The topological polar surface area (TPSA) is 340 Å². The number of benzene rings is 3. The summed E-state index contributed by atoms with van der Waals surface area (Å²) in [5, 5.41) is 18.8. The number of anilines is 3. The van der Waals surface area contributed by atoms with E-state index in [1.165, 1.54) is 27.2 Å². The number of rotatable bonds is 18. The fourth-order valence-corrected chi connectivity index (χ4v) is 14.9. The van der Waals surface area contributed by atoms with Gasteiger partial charge in [0.05, 0.1) is 60.7 Å². The van der Waals surface area contributed by atoms with E-state index < -0.39 is 105 Å². The molecular weight excluding hydrogens is 1430 g/mol. The maximum absolute atomic E-state index is 13.8. The summed E-state index contributed by atoms with van der Waals surface area (Å²) in [5.41, 5.74) is -1.56. The van der Waals surface area contributed by atoms with Crippen LogP contribution in [0.5, 0.6) is 5.75 Å². The van der Waals surface area contributed by atoms with E-state index in [4.69, 9.17) is 37.0 Å². The zero-order chi connectivity index (χ0) is 71.5. The van der Waals surface area contributed by atoms with Crippen LogP contribution in [0.4, 0.5) is 43.4 Å². The molecule has 8 aromatic rings. The second-order valence-electron chi connectivity index (χ2n) is 23.2. The molecular formula is C58H60Cl2F6N16O14S3. The van der Waals surface area contributed by atoms with Gasteiger partial charge in [-0.05, 0) is 63.1 Å². The van der Waals surface area contributed by atoms with Gasteiger partial charge in [-0.15, -0.1) is 0 Å². The predicted octanol–water partition coefficient (Wildman–Crippen LogP) is 4.33. The number of aryl methyl sites for hydroxylation is 2. The minimum absolute atomic E-state index is 0.00503. The predicted molar refractivity (Wildman–Crippen MR) is 343 cm³/mol. The smallest absolute Gasteiger partial charge is 0.322 e. The van der Waals surface area contributed by atoms with Crippen molar-refractivity contribution >= 4 is 76.3 Å². The van der Waals surface area contributed by atoms with Crippen LogP contribution in [0.1, 0.15) is 43.2 Å². The van der Waals surface area contributed by atoms with Gasteiger partial charge >= 0.3 is 11.5 Å². The fourth-order valence-electron chi connectivity index (χ4n) is 10.4. The Kier molecular flexibility index (Phi) is 22.0. The van der Waals surface area contributed by atoms with Crippen LogP contribution >= 0.6 is 23.2 Å². The van der Waals surface area contributed by atoms with Crippen LogP contribution in [-0.2, 0) is 51.1 Å². The molecule has 3 aliphatic heterocycles. The van der Waals surface area contributed by atoms with Gasteiger partial charge in [0.1, 0.15) is 62.1 Å². The van der Waals surface area contributed by atoms with Crippen molar-refractivity contribution < 1.29 is 74.9 Å². The van der Waals surface area contributed by atoms with Gasteiger partial charge in [-0.25, -0.2) is 51.6 Å². The van der Waals surface area contributed by atoms with Crippen LogP contribution in [0, 0.1) is 54.2 Å². The van der Waals surface area contributed by atoms with E-state index in [-0.39, 0.29) is 134 Å². The zero-order valence-corrected chi connectivity index (χ0v) is 56.7. The standard InChI is InChI=1S/C23H26F2N6O5S.C18H17ClF2N6O4S.C17H17ClF2N4O5S/c1-15-27-20(36-28-15)13-37(33,34)30-7-5-29(6-8-30)19-12-26-31(18-10-16(24)9-17(25)11-18)22(32)21(19)35-14-23(2)3-4-23;1-11-23-16(31-24-11)10-32(29,30)26-4-2-25(3-5-26)15-9-22-27(18(28)17(15)19)14-7-12(20)6-13(21)8-14;1-29-15(25)10-30(27,28)23-4-2-22(3-5-23)14-9-21-24(17(26)16(14)18)13-7-11(19)6-12(20)8-13/h9-12H,3-8,13-14H2,1-2H3;6-9H,2-5,10H2,1H3;6-9H,2-5,10H2,1H3. The van der Waals surface area contributed by atoms with Gasteiger partial charge in [0, 0.05) is 102 Å². The van der Waals surface area contributed by atoms with E-state index in [0.29, 0.717) is 47.8 Å². The lowest BCUT2D eigenvalue weighted by atomic mass is 10.2. The van der Waals surface area contributed by atoms with Gasteiger partial charge < -0.3 is 33.2 Å². The van der Waals surface area contributed by atoms with Gasteiger partial charge in [0.25, 0.3) is 11.1 Å². The van der Waals surface area contributed by atoms with Crippen LogP contribution in [0.25, 0.3) is 17.1 Å². The summed E-state index contributed by atoms with van der Waals surface area (Å²) in [4.78, 5) is 63.0. The van der Waals surface area contributed by atoms with Crippen LogP contribution in [0.3, 0.4) is 0 Å². The van der Waals surface area contributed by atoms with E-state index >= 15 is 0 Å². The monoisotopic (exact) mass is 1480 g/mol. The summed E-state index contributed by atoms with van der Waals surface area (Å²) in [6.45, 7) is 7.71. The highest BCUT2D eigenvalue weighted by atomic mass is 35.5. The molecule has 41 heteroatoms. The van der Waals surface area contributed by atoms with Crippen molar-refractivity contribution in [2.45, 2.75) is 45.1 Å². The lowest BCUT2D eigenvalue weighted by Crippen LogP contribution is -2.50. The summed E-state index contributed by atoms with van der Waals surface area (Å²) >= 11 is 12.4. The third-order valence-corrected chi connectivity index (χ3v) is 21.8. The molecule has 530 valence electrons. The second-order valence-corrected chi connectivity index (χ2v) is 29.8. The molecule has 8 heterocycles. The Labute approximate surface area is 569 Å². The minimum Gasteiger partial charge on any atom is -0.486 e. The summed E-state index contributed by atoms with van der Waals surface area (Å²) in [7, 11) is -10.1. The first-order valence-electron chi connectivity index (χ1n) is 29.8. The second kappa shape index (κ2) is 29.9. The highest BCUT2D eigenvalue weighted by Gasteiger charge is 2.40. The number of halogens is 8. The van der Waals surface area contributed by atoms with Gasteiger partial charge in [-0.1, -0.05) is 40.4 Å². The van der Waals surface area contributed by atoms with Gasteiger partial charge in [-0.2, -0.15) is 52.2 Å².